The Morgan fingerprint density at radius 1 is 1.19 bits per heavy atom. The lowest BCUT2D eigenvalue weighted by molar-refractivity contribution is -0.145. The Morgan fingerprint density at radius 2 is 1.94 bits per heavy atom. The summed E-state index contributed by atoms with van der Waals surface area (Å²) in [5, 5.41) is 16.1. The number of carbonyl (C=O) groups is 1. The number of fused-ring (bicyclic) bond motifs is 1. The number of ether oxygens (including phenoxy) is 1. The van der Waals surface area contributed by atoms with Gasteiger partial charge in [-0.2, -0.15) is 15.6 Å². The summed E-state index contributed by atoms with van der Waals surface area (Å²) in [5.41, 5.74) is 6.48. The zero-order valence-corrected chi connectivity index (χ0v) is 19.1. The molecule has 2 aliphatic rings. The van der Waals surface area contributed by atoms with E-state index in [-0.39, 0.29) is 11.5 Å². The Kier molecular flexibility index (Phi) is 5.73. The summed E-state index contributed by atoms with van der Waals surface area (Å²) in [6, 6.07) is 12.9. The number of carboxylic acid groups (broad SMARTS) is 1. The SMILES string of the molecule is CC(C)(C)c1ccc(C(Oc2ccc(Br)cc2N2N=C3C=CC=CC3N2)C(=O)O)cc1. The predicted molar refractivity (Wildman–Crippen MR) is 125 cm³/mol. The number of anilines is 1. The number of carboxylic acids is 1. The molecular formula is C24H24BrN3O3. The highest BCUT2D eigenvalue weighted by atomic mass is 79.9. The molecule has 7 heteroatoms. The van der Waals surface area contributed by atoms with E-state index >= 15 is 0 Å². The first-order valence-corrected chi connectivity index (χ1v) is 10.8. The monoisotopic (exact) mass is 481 g/mol. The molecule has 0 saturated carbocycles. The average Bonchev–Trinajstić information content (AvgIpc) is 3.16. The van der Waals surface area contributed by atoms with Crippen LogP contribution in [0.2, 0.25) is 0 Å². The van der Waals surface area contributed by atoms with E-state index in [1.807, 2.05) is 60.7 Å². The van der Waals surface area contributed by atoms with Gasteiger partial charge in [0.15, 0.2) is 0 Å². The summed E-state index contributed by atoms with van der Waals surface area (Å²) >= 11 is 3.48. The van der Waals surface area contributed by atoms with Crippen molar-refractivity contribution in [3.8, 4) is 5.75 Å². The van der Waals surface area contributed by atoms with Gasteiger partial charge in [0.05, 0.1) is 11.8 Å². The Bertz CT molecular complexity index is 1080. The number of halogens is 1. The van der Waals surface area contributed by atoms with E-state index in [0.29, 0.717) is 17.0 Å². The first-order chi connectivity index (χ1) is 14.7. The Hall–Kier alpha value is -2.90. The van der Waals surface area contributed by atoms with Gasteiger partial charge >= 0.3 is 5.97 Å². The van der Waals surface area contributed by atoms with E-state index < -0.39 is 12.1 Å². The van der Waals surface area contributed by atoms with E-state index in [4.69, 9.17) is 4.74 Å². The van der Waals surface area contributed by atoms with Crippen molar-refractivity contribution >= 4 is 33.3 Å². The highest BCUT2D eigenvalue weighted by molar-refractivity contribution is 9.10. The molecule has 1 aliphatic carbocycles. The molecule has 0 bridgehead atoms. The first kappa shape index (κ1) is 21.3. The fourth-order valence-electron chi connectivity index (χ4n) is 3.44. The summed E-state index contributed by atoms with van der Waals surface area (Å²) in [7, 11) is 0. The van der Waals surface area contributed by atoms with Crippen LogP contribution in [0.4, 0.5) is 5.69 Å². The molecule has 2 aromatic rings. The molecule has 31 heavy (non-hydrogen) atoms. The minimum Gasteiger partial charge on any atom is -0.478 e. The van der Waals surface area contributed by atoms with Gasteiger partial charge in [-0.1, -0.05) is 79.2 Å². The third-order valence-electron chi connectivity index (χ3n) is 5.17. The molecule has 4 rings (SSSR count). The van der Waals surface area contributed by atoms with Crippen LogP contribution in [0.25, 0.3) is 0 Å². The number of nitrogens with zero attached hydrogens (tertiary/aromatic N) is 2. The maximum atomic E-state index is 12.1. The number of hydrazone groups is 1. The van der Waals surface area contributed by atoms with E-state index in [0.717, 1.165) is 15.7 Å². The van der Waals surface area contributed by atoms with Crippen molar-refractivity contribution in [2.24, 2.45) is 5.10 Å². The largest absolute Gasteiger partial charge is 0.478 e. The van der Waals surface area contributed by atoms with Crippen LogP contribution < -0.4 is 15.3 Å². The lowest BCUT2D eigenvalue weighted by atomic mass is 9.86. The van der Waals surface area contributed by atoms with Gasteiger partial charge < -0.3 is 9.84 Å². The second-order valence-corrected chi connectivity index (χ2v) is 9.42. The highest BCUT2D eigenvalue weighted by Crippen LogP contribution is 2.36. The Labute approximate surface area is 190 Å². The van der Waals surface area contributed by atoms with Crippen LogP contribution in [-0.4, -0.2) is 22.8 Å². The molecule has 2 atom stereocenters. The van der Waals surface area contributed by atoms with Crippen molar-refractivity contribution in [2.75, 3.05) is 5.12 Å². The number of rotatable bonds is 5. The summed E-state index contributed by atoms with van der Waals surface area (Å²) in [5.74, 6) is -0.642. The normalized spacial score (nSPS) is 18.5. The van der Waals surface area contributed by atoms with Crippen LogP contribution in [0, 0.1) is 0 Å². The molecule has 160 valence electrons. The topological polar surface area (TPSA) is 74.2 Å². The highest BCUT2D eigenvalue weighted by Gasteiger charge is 2.29. The molecule has 2 unspecified atom stereocenters. The average molecular weight is 482 g/mol. The van der Waals surface area contributed by atoms with Crippen molar-refractivity contribution in [3.63, 3.8) is 0 Å². The van der Waals surface area contributed by atoms with E-state index in [1.165, 1.54) is 0 Å². The molecule has 1 aliphatic heterocycles. The molecule has 2 aromatic carbocycles. The maximum absolute atomic E-state index is 12.1. The van der Waals surface area contributed by atoms with Gasteiger partial charge in [0, 0.05) is 10.0 Å². The van der Waals surface area contributed by atoms with Gasteiger partial charge in [0.2, 0.25) is 6.10 Å². The fourth-order valence-corrected chi connectivity index (χ4v) is 3.79. The molecule has 1 heterocycles. The first-order valence-electron chi connectivity index (χ1n) is 10.0. The molecule has 0 amide bonds. The summed E-state index contributed by atoms with van der Waals surface area (Å²) in [6.45, 7) is 6.36. The van der Waals surface area contributed by atoms with Gasteiger partial charge in [0.25, 0.3) is 0 Å². The number of hydrogen-bond acceptors (Lipinski definition) is 5. The second-order valence-electron chi connectivity index (χ2n) is 8.51. The summed E-state index contributed by atoms with van der Waals surface area (Å²) in [4.78, 5) is 12.1. The number of nitrogens with one attached hydrogen (secondary N) is 1. The molecule has 0 radical (unpaired) electrons. The Morgan fingerprint density at radius 3 is 2.58 bits per heavy atom. The lowest BCUT2D eigenvalue weighted by Crippen LogP contribution is -2.37. The Balaban J connectivity index is 1.65. The molecule has 2 N–H and O–H groups in total. The van der Waals surface area contributed by atoms with Gasteiger partial charge in [-0.05, 0) is 35.3 Å². The van der Waals surface area contributed by atoms with Crippen molar-refractivity contribution in [1.82, 2.24) is 5.43 Å². The van der Waals surface area contributed by atoms with Crippen molar-refractivity contribution in [3.05, 3.63) is 82.4 Å². The van der Waals surface area contributed by atoms with Crippen LogP contribution in [0.1, 0.15) is 38.0 Å². The van der Waals surface area contributed by atoms with Gasteiger partial charge in [-0.25, -0.2) is 4.79 Å². The van der Waals surface area contributed by atoms with Gasteiger partial charge in [0.1, 0.15) is 11.4 Å². The molecule has 0 saturated heterocycles. The fraction of sp³-hybridized carbons (Fsp3) is 0.250. The number of allylic oxidation sites excluding steroid dienone is 2. The standard InChI is InChI=1S/C24H24BrN3O3/c1-24(2,3)16-10-8-15(9-11-16)22(23(29)30)31-21-13-12-17(25)14-20(21)28-26-18-6-4-5-7-19(18)27-28/h4-14,18,22,26H,1-3H3,(H,29,30). The van der Waals surface area contributed by atoms with E-state index in [2.05, 4.69) is 47.2 Å². The third-order valence-corrected chi connectivity index (χ3v) is 5.67. The number of hydrogen-bond donors (Lipinski definition) is 2. The third kappa shape index (κ3) is 4.57. The van der Waals surface area contributed by atoms with Crippen LogP contribution >= 0.6 is 15.9 Å². The van der Waals surface area contributed by atoms with Crippen molar-refractivity contribution in [1.29, 1.82) is 0 Å². The molecule has 0 fully saturated rings. The number of aliphatic carboxylic acids is 1. The quantitative estimate of drug-likeness (QED) is 0.619. The summed E-state index contributed by atoms with van der Waals surface area (Å²) in [6.07, 6.45) is 6.69. The van der Waals surface area contributed by atoms with E-state index in [1.54, 1.807) is 11.2 Å². The van der Waals surface area contributed by atoms with Gasteiger partial charge in [-0.3, -0.25) is 0 Å². The number of hydrazine groups is 1. The predicted octanol–water partition coefficient (Wildman–Crippen LogP) is 5.13. The molecular weight excluding hydrogens is 458 g/mol. The second kappa shape index (κ2) is 8.32. The van der Waals surface area contributed by atoms with Crippen LogP contribution in [-0.2, 0) is 10.2 Å². The maximum Gasteiger partial charge on any atom is 0.349 e. The summed E-state index contributed by atoms with van der Waals surface area (Å²) < 4.78 is 6.86. The van der Waals surface area contributed by atoms with Crippen molar-refractivity contribution < 1.29 is 14.6 Å². The van der Waals surface area contributed by atoms with E-state index in [9.17, 15) is 9.90 Å². The smallest absolute Gasteiger partial charge is 0.349 e. The number of benzene rings is 2. The van der Waals surface area contributed by atoms with Crippen LogP contribution in [0.3, 0.4) is 0 Å². The van der Waals surface area contributed by atoms with Crippen LogP contribution in [0.15, 0.2) is 76.3 Å². The van der Waals surface area contributed by atoms with Crippen LogP contribution in [0.5, 0.6) is 5.75 Å². The zero-order valence-electron chi connectivity index (χ0n) is 17.5. The zero-order chi connectivity index (χ0) is 22.2. The molecule has 6 nitrogen and oxygen atoms in total. The minimum absolute atomic E-state index is 0.0166. The lowest BCUT2D eigenvalue weighted by Gasteiger charge is -2.23. The van der Waals surface area contributed by atoms with Gasteiger partial charge in [-0.15, -0.1) is 0 Å². The van der Waals surface area contributed by atoms with Crippen molar-refractivity contribution in [2.45, 2.75) is 38.3 Å². The molecule has 0 spiro atoms. The molecule has 0 aromatic heterocycles. The minimum atomic E-state index is -1.15.